The minimum absolute atomic E-state index is 0.252. The van der Waals surface area contributed by atoms with Crippen LogP contribution in [0.3, 0.4) is 0 Å². The van der Waals surface area contributed by atoms with Gasteiger partial charge in [0, 0.05) is 12.7 Å². The number of nitrogens with one attached hydrogen (secondary N) is 1. The van der Waals surface area contributed by atoms with Gasteiger partial charge in [-0.25, -0.2) is 4.79 Å². The van der Waals surface area contributed by atoms with Gasteiger partial charge in [-0.15, -0.1) is 6.42 Å². The molecule has 80 valence electrons. The van der Waals surface area contributed by atoms with Crippen molar-refractivity contribution in [2.45, 2.75) is 0 Å². The second kappa shape index (κ2) is 5.43. The summed E-state index contributed by atoms with van der Waals surface area (Å²) in [4.78, 5) is 12.9. The van der Waals surface area contributed by atoms with Gasteiger partial charge in [-0.3, -0.25) is 0 Å². The van der Waals surface area contributed by atoms with Gasteiger partial charge in [0.25, 0.3) is 0 Å². The highest BCUT2D eigenvalue weighted by molar-refractivity contribution is 5.89. The number of terminal acetylenes is 1. The molecule has 0 bridgehead atoms. The lowest BCUT2D eigenvalue weighted by atomic mass is 10.2. The number of urea groups is 1. The highest BCUT2D eigenvalue weighted by Gasteiger charge is 2.06. The Bertz CT molecular complexity index is 451. The van der Waals surface area contributed by atoms with Crippen molar-refractivity contribution in [3.05, 3.63) is 29.8 Å². The van der Waals surface area contributed by atoms with E-state index in [0.717, 1.165) is 0 Å². The van der Waals surface area contributed by atoms with E-state index in [1.54, 1.807) is 31.3 Å². The average Bonchev–Trinajstić information content (AvgIpc) is 2.30. The van der Waals surface area contributed by atoms with Gasteiger partial charge in [-0.2, -0.15) is 5.26 Å². The lowest BCUT2D eigenvalue weighted by Gasteiger charge is -2.14. The van der Waals surface area contributed by atoms with E-state index in [1.807, 2.05) is 6.07 Å². The lowest BCUT2D eigenvalue weighted by molar-refractivity contribution is 0.227. The number of hydrogen-bond acceptors (Lipinski definition) is 2. The topological polar surface area (TPSA) is 56.1 Å². The fourth-order valence-electron chi connectivity index (χ4n) is 1.06. The van der Waals surface area contributed by atoms with E-state index < -0.39 is 0 Å². The average molecular weight is 213 g/mol. The number of nitriles is 1. The molecule has 16 heavy (non-hydrogen) atoms. The molecular weight excluding hydrogens is 202 g/mol. The van der Waals surface area contributed by atoms with Gasteiger partial charge in [0.05, 0.1) is 18.2 Å². The van der Waals surface area contributed by atoms with Crippen LogP contribution in [0.4, 0.5) is 10.5 Å². The van der Waals surface area contributed by atoms with Crippen molar-refractivity contribution in [3.63, 3.8) is 0 Å². The third-order valence-electron chi connectivity index (χ3n) is 1.94. The minimum Gasteiger partial charge on any atom is -0.316 e. The maximum Gasteiger partial charge on any atom is 0.322 e. The van der Waals surface area contributed by atoms with Crippen molar-refractivity contribution in [3.8, 4) is 18.4 Å². The van der Waals surface area contributed by atoms with E-state index in [0.29, 0.717) is 11.3 Å². The molecule has 1 aromatic rings. The zero-order valence-corrected chi connectivity index (χ0v) is 8.90. The summed E-state index contributed by atoms with van der Waals surface area (Å²) < 4.78 is 0. The van der Waals surface area contributed by atoms with Gasteiger partial charge in [0.15, 0.2) is 0 Å². The third-order valence-corrected chi connectivity index (χ3v) is 1.94. The Labute approximate surface area is 94.5 Å². The van der Waals surface area contributed by atoms with Gasteiger partial charge < -0.3 is 10.2 Å². The molecule has 1 aromatic carbocycles. The molecule has 1 rings (SSSR count). The number of hydrogen-bond donors (Lipinski definition) is 1. The molecule has 4 nitrogen and oxygen atoms in total. The van der Waals surface area contributed by atoms with Gasteiger partial charge in [-0.05, 0) is 24.3 Å². The summed E-state index contributed by atoms with van der Waals surface area (Å²) in [5.74, 6) is 2.37. The van der Waals surface area contributed by atoms with E-state index in [1.165, 1.54) is 4.90 Å². The zero-order valence-electron chi connectivity index (χ0n) is 8.90. The normalized spacial score (nSPS) is 8.69. The molecule has 0 aromatic heterocycles. The molecule has 0 saturated heterocycles. The maximum atomic E-state index is 11.5. The van der Waals surface area contributed by atoms with E-state index in [9.17, 15) is 4.79 Å². The summed E-state index contributed by atoms with van der Waals surface area (Å²) in [6, 6.07) is 8.33. The van der Waals surface area contributed by atoms with Crippen LogP contribution < -0.4 is 5.32 Å². The van der Waals surface area contributed by atoms with Crippen molar-refractivity contribution in [2.75, 3.05) is 18.9 Å². The lowest BCUT2D eigenvalue weighted by Crippen LogP contribution is -2.31. The predicted octanol–water partition coefficient (Wildman–Crippen LogP) is 1.66. The first-order valence-electron chi connectivity index (χ1n) is 4.63. The molecule has 0 aliphatic heterocycles. The molecule has 4 heteroatoms. The van der Waals surface area contributed by atoms with Crippen molar-refractivity contribution in [1.29, 1.82) is 5.26 Å². The largest absolute Gasteiger partial charge is 0.322 e. The Balaban J connectivity index is 2.64. The SMILES string of the molecule is C#CCN(C)C(=O)Nc1ccc(C#N)cc1. The van der Waals surface area contributed by atoms with E-state index in [-0.39, 0.29) is 12.6 Å². The maximum absolute atomic E-state index is 11.5. The summed E-state index contributed by atoms with van der Waals surface area (Å²) >= 11 is 0. The van der Waals surface area contributed by atoms with Crippen LogP contribution in [0.15, 0.2) is 24.3 Å². The fourth-order valence-corrected chi connectivity index (χ4v) is 1.06. The molecule has 0 saturated carbocycles. The predicted molar refractivity (Wildman–Crippen MR) is 61.6 cm³/mol. The van der Waals surface area contributed by atoms with Crippen molar-refractivity contribution in [1.82, 2.24) is 4.90 Å². The first-order valence-corrected chi connectivity index (χ1v) is 4.63. The molecule has 1 N–H and O–H groups in total. The molecule has 0 unspecified atom stereocenters. The van der Waals surface area contributed by atoms with Crippen LogP contribution in [0.1, 0.15) is 5.56 Å². The van der Waals surface area contributed by atoms with Gasteiger partial charge in [0.1, 0.15) is 0 Å². The van der Waals surface area contributed by atoms with Crippen molar-refractivity contribution in [2.24, 2.45) is 0 Å². The zero-order chi connectivity index (χ0) is 12.0. The Morgan fingerprint density at radius 2 is 2.12 bits per heavy atom. The van der Waals surface area contributed by atoms with Crippen LogP contribution in [-0.2, 0) is 0 Å². The van der Waals surface area contributed by atoms with Crippen LogP contribution >= 0.6 is 0 Å². The number of anilines is 1. The van der Waals surface area contributed by atoms with Crippen LogP contribution in [0.2, 0.25) is 0 Å². The first-order chi connectivity index (χ1) is 7.67. The molecule has 0 atom stereocenters. The van der Waals surface area contributed by atoms with Crippen LogP contribution in [0.5, 0.6) is 0 Å². The standard InChI is InChI=1S/C12H11N3O/c1-3-8-15(2)12(16)14-11-6-4-10(9-13)5-7-11/h1,4-7H,8H2,2H3,(H,14,16). The number of nitrogens with zero attached hydrogens (tertiary/aromatic N) is 2. The number of amides is 2. The smallest absolute Gasteiger partial charge is 0.316 e. The second-order valence-electron chi connectivity index (χ2n) is 3.18. The molecule has 0 aliphatic carbocycles. The van der Waals surface area contributed by atoms with Gasteiger partial charge >= 0.3 is 6.03 Å². The second-order valence-corrected chi connectivity index (χ2v) is 3.18. The van der Waals surface area contributed by atoms with Gasteiger partial charge in [-0.1, -0.05) is 5.92 Å². The van der Waals surface area contributed by atoms with Crippen molar-refractivity contribution >= 4 is 11.7 Å². The number of rotatable bonds is 2. The fraction of sp³-hybridized carbons (Fsp3) is 0.167. The first kappa shape index (κ1) is 11.6. The molecule has 0 aliphatic rings. The van der Waals surface area contributed by atoms with Crippen LogP contribution in [-0.4, -0.2) is 24.5 Å². The Hall–Kier alpha value is -2.46. The monoisotopic (exact) mass is 213 g/mol. The van der Waals surface area contributed by atoms with Crippen LogP contribution in [0, 0.1) is 23.7 Å². The highest BCUT2D eigenvalue weighted by Crippen LogP contribution is 2.09. The Kier molecular flexibility index (Phi) is 3.94. The van der Waals surface area contributed by atoms with E-state index >= 15 is 0 Å². The molecule has 0 spiro atoms. The number of benzene rings is 1. The number of carbonyl (C=O) groups excluding carboxylic acids is 1. The van der Waals surface area contributed by atoms with Crippen molar-refractivity contribution < 1.29 is 4.79 Å². The molecule has 0 fully saturated rings. The molecular formula is C12H11N3O. The summed E-state index contributed by atoms with van der Waals surface area (Å²) in [6.45, 7) is 0.252. The van der Waals surface area contributed by atoms with Crippen LogP contribution in [0.25, 0.3) is 0 Å². The quantitative estimate of drug-likeness (QED) is 0.759. The summed E-state index contributed by atoms with van der Waals surface area (Å²) in [5, 5.41) is 11.3. The Morgan fingerprint density at radius 1 is 1.50 bits per heavy atom. The summed E-state index contributed by atoms with van der Waals surface area (Å²) in [5.41, 5.74) is 1.18. The van der Waals surface area contributed by atoms with Gasteiger partial charge in [0.2, 0.25) is 0 Å². The third kappa shape index (κ3) is 3.04. The summed E-state index contributed by atoms with van der Waals surface area (Å²) in [7, 11) is 1.61. The van der Waals surface area contributed by atoms with E-state index in [2.05, 4.69) is 11.2 Å². The molecule has 0 heterocycles. The number of carbonyl (C=O) groups is 1. The summed E-state index contributed by atoms with van der Waals surface area (Å²) in [6.07, 6.45) is 5.09. The molecule has 2 amide bonds. The Morgan fingerprint density at radius 3 is 2.62 bits per heavy atom. The van der Waals surface area contributed by atoms with E-state index in [4.69, 9.17) is 11.7 Å². The highest BCUT2D eigenvalue weighted by atomic mass is 16.2. The minimum atomic E-state index is -0.275. The molecule has 0 radical (unpaired) electrons.